The van der Waals surface area contributed by atoms with Crippen LogP contribution in [0.25, 0.3) is 0 Å². The van der Waals surface area contributed by atoms with Gasteiger partial charge in [-0.2, -0.15) is 0 Å². The lowest BCUT2D eigenvalue weighted by atomic mass is 10.2. The van der Waals surface area contributed by atoms with Crippen molar-refractivity contribution in [3.63, 3.8) is 0 Å². The highest BCUT2D eigenvalue weighted by Gasteiger charge is 2.16. The van der Waals surface area contributed by atoms with E-state index in [1.165, 1.54) is 48.5 Å². The highest BCUT2D eigenvalue weighted by atomic mass is 32.2. The van der Waals surface area contributed by atoms with Gasteiger partial charge in [0.25, 0.3) is 5.91 Å². The minimum atomic E-state index is -3.73. The lowest BCUT2D eigenvalue weighted by Crippen LogP contribution is -2.24. The Hall–Kier alpha value is -2.51. The Labute approximate surface area is 133 Å². The van der Waals surface area contributed by atoms with E-state index in [1.807, 2.05) is 0 Å². The lowest BCUT2D eigenvalue weighted by Gasteiger charge is -2.08. The first-order chi connectivity index (χ1) is 10.9. The SMILES string of the molecule is C=CCNS(=O)(=O)c1cccc(C(=O)Nc2ccccc2F)c1. The molecule has 2 N–H and O–H groups in total. The molecule has 0 heterocycles. The third kappa shape index (κ3) is 4.24. The maximum Gasteiger partial charge on any atom is 0.255 e. The average molecular weight is 334 g/mol. The molecule has 2 aromatic carbocycles. The molecule has 1 amide bonds. The second-order valence-corrected chi connectivity index (χ2v) is 6.37. The number of anilines is 1. The summed E-state index contributed by atoms with van der Waals surface area (Å²) in [5.41, 5.74) is 0.130. The summed E-state index contributed by atoms with van der Waals surface area (Å²) in [6.07, 6.45) is 1.41. The molecule has 0 spiro atoms. The van der Waals surface area contributed by atoms with Crippen LogP contribution < -0.4 is 10.0 Å². The van der Waals surface area contributed by atoms with Crippen LogP contribution >= 0.6 is 0 Å². The summed E-state index contributed by atoms with van der Waals surface area (Å²) in [7, 11) is -3.73. The van der Waals surface area contributed by atoms with Crippen molar-refractivity contribution in [3.8, 4) is 0 Å². The number of carbonyl (C=O) groups excluding carboxylic acids is 1. The molecule has 120 valence electrons. The fraction of sp³-hybridized carbons (Fsp3) is 0.0625. The second-order valence-electron chi connectivity index (χ2n) is 4.60. The van der Waals surface area contributed by atoms with E-state index in [9.17, 15) is 17.6 Å². The first kappa shape index (κ1) is 16.9. The summed E-state index contributed by atoms with van der Waals surface area (Å²) in [5.74, 6) is -1.17. The van der Waals surface area contributed by atoms with Crippen LogP contribution in [-0.4, -0.2) is 20.9 Å². The van der Waals surface area contributed by atoms with Crippen molar-refractivity contribution in [2.75, 3.05) is 11.9 Å². The van der Waals surface area contributed by atoms with Gasteiger partial charge in [0.05, 0.1) is 10.6 Å². The van der Waals surface area contributed by atoms with Gasteiger partial charge in [0, 0.05) is 12.1 Å². The van der Waals surface area contributed by atoms with Crippen molar-refractivity contribution in [3.05, 3.63) is 72.6 Å². The van der Waals surface area contributed by atoms with Crippen molar-refractivity contribution >= 4 is 21.6 Å². The summed E-state index contributed by atoms with van der Waals surface area (Å²) in [5, 5.41) is 2.40. The number of benzene rings is 2. The highest BCUT2D eigenvalue weighted by molar-refractivity contribution is 7.89. The molecule has 7 heteroatoms. The number of hydrogen-bond acceptors (Lipinski definition) is 3. The maximum absolute atomic E-state index is 13.5. The number of nitrogens with one attached hydrogen (secondary N) is 2. The van der Waals surface area contributed by atoms with Crippen LogP contribution in [0.2, 0.25) is 0 Å². The quantitative estimate of drug-likeness (QED) is 0.797. The van der Waals surface area contributed by atoms with Gasteiger partial charge in [-0.1, -0.05) is 24.3 Å². The molecule has 23 heavy (non-hydrogen) atoms. The van der Waals surface area contributed by atoms with Crippen LogP contribution in [0.5, 0.6) is 0 Å². The monoisotopic (exact) mass is 334 g/mol. The molecule has 0 aliphatic heterocycles. The summed E-state index contributed by atoms with van der Waals surface area (Å²) < 4.78 is 39.9. The van der Waals surface area contributed by atoms with Gasteiger partial charge in [0.2, 0.25) is 10.0 Å². The Morgan fingerprint density at radius 3 is 2.61 bits per heavy atom. The van der Waals surface area contributed by atoms with Gasteiger partial charge in [-0.3, -0.25) is 4.79 Å². The number of hydrogen-bond donors (Lipinski definition) is 2. The first-order valence-electron chi connectivity index (χ1n) is 6.70. The van der Waals surface area contributed by atoms with Crippen molar-refractivity contribution < 1.29 is 17.6 Å². The van der Waals surface area contributed by atoms with Crippen LogP contribution in [-0.2, 0) is 10.0 Å². The van der Waals surface area contributed by atoms with Crippen molar-refractivity contribution in [1.82, 2.24) is 4.72 Å². The minimum absolute atomic E-state index is 0.0237. The van der Waals surface area contributed by atoms with E-state index in [2.05, 4.69) is 16.6 Å². The van der Waals surface area contributed by atoms with E-state index >= 15 is 0 Å². The Balaban J connectivity index is 2.24. The van der Waals surface area contributed by atoms with E-state index in [1.54, 1.807) is 6.07 Å². The molecule has 0 aliphatic rings. The van der Waals surface area contributed by atoms with E-state index < -0.39 is 21.7 Å². The summed E-state index contributed by atoms with van der Waals surface area (Å²) in [6.45, 7) is 3.51. The Kier molecular flexibility index (Phi) is 5.25. The molecular weight excluding hydrogens is 319 g/mol. The van der Waals surface area contributed by atoms with Gasteiger partial charge in [0.15, 0.2) is 0 Å². The van der Waals surface area contributed by atoms with Crippen molar-refractivity contribution in [1.29, 1.82) is 0 Å². The largest absolute Gasteiger partial charge is 0.319 e. The molecule has 0 saturated heterocycles. The van der Waals surface area contributed by atoms with E-state index in [4.69, 9.17) is 0 Å². The van der Waals surface area contributed by atoms with E-state index in [0.717, 1.165) is 0 Å². The molecule has 2 rings (SSSR count). The summed E-state index contributed by atoms with van der Waals surface area (Å²) in [6, 6.07) is 11.2. The van der Waals surface area contributed by atoms with Crippen LogP contribution in [0, 0.1) is 5.82 Å². The van der Waals surface area contributed by atoms with Gasteiger partial charge in [-0.15, -0.1) is 6.58 Å². The van der Waals surface area contributed by atoms with Crippen LogP contribution in [0.15, 0.2) is 66.1 Å². The minimum Gasteiger partial charge on any atom is -0.319 e. The van der Waals surface area contributed by atoms with E-state index in [0.29, 0.717) is 0 Å². The number of sulfonamides is 1. The fourth-order valence-electron chi connectivity index (χ4n) is 1.81. The predicted molar refractivity (Wildman–Crippen MR) is 86.2 cm³/mol. The zero-order valence-corrected chi connectivity index (χ0v) is 12.9. The standard InChI is InChI=1S/C16H15FN2O3S/c1-2-10-18-23(21,22)13-7-5-6-12(11-13)16(20)19-15-9-4-3-8-14(15)17/h2-9,11,18H,1,10H2,(H,19,20). The fourth-order valence-corrected chi connectivity index (χ4v) is 2.86. The third-order valence-corrected chi connectivity index (χ3v) is 4.37. The first-order valence-corrected chi connectivity index (χ1v) is 8.19. The van der Waals surface area contributed by atoms with Gasteiger partial charge < -0.3 is 5.32 Å². The van der Waals surface area contributed by atoms with Crippen molar-refractivity contribution in [2.24, 2.45) is 0 Å². The van der Waals surface area contributed by atoms with Gasteiger partial charge in [0.1, 0.15) is 5.82 Å². The van der Waals surface area contributed by atoms with Crippen LogP contribution in [0.1, 0.15) is 10.4 Å². The number of halogens is 1. The summed E-state index contributed by atoms with van der Waals surface area (Å²) >= 11 is 0. The van der Waals surface area contributed by atoms with Gasteiger partial charge in [-0.25, -0.2) is 17.5 Å². The molecule has 0 fully saturated rings. The number of carbonyl (C=O) groups is 1. The van der Waals surface area contributed by atoms with Crippen LogP contribution in [0.3, 0.4) is 0 Å². The maximum atomic E-state index is 13.5. The molecule has 5 nitrogen and oxygen atoms in total. The molecule has 0 radical (unpaired) electrons. The Bertz CT molecular complexity index is 835. The molecule has 0 unspecified atom stereocenters. The highest BCUT2D eigenvalue weighted by Crippen LogP contribution is 2.16. The average Bonchev–Trinajstić information content (AvgIpc) is 2.55. The number of rotatable bonds is 6. The zero-order valence-electron chi connectivity index (χ0n) is 12.1. The molecule has 0 aromatic heterocycles. The molecule has 0 saturated carbocycles. The van der Waals surface area contributed by atoms with Crippen molar-refractivity contribution in [2.45, 2.75) is 4.90 Å². The topological polar surface area (TPSA) is 75.3 Å². The molecule has 0 atom stereocenters. The molecule has 0 bridgehead atoms. The molecule has 0 aliphatic carbocycles. The predicted octanol–water partition coefficient (Wildman–Crippen LogP) is 2.54. The number of amides is 1. The Morgan fingerprint density at radius 2 is 1.91 bits per heavy atom. The second kappa shape index (κ2) is 7.17. The van der Waals surface area contributed by atoms with Gasteiger partial charge >= 0.3 is 0 Å². The molecular formula is C16H15FN2O3S. The normalized spacial score (nSPS) is 11.0. The smallest absolute Gasteiger partial charge is 0.255 e. The van der Waals surface area contributed by atoms with E-state index in [-0.39, 0.29) is 22.7 Å². The Morgan fingerprint density at radius 1 is 1.17 bits per heavy atom. The van der Waals surface area contributed by atoms with Gasteiger partial charge in [-0.05, 0) is 30.3 Å². The molecule has 2 aromatic rings. The lowest BCUT2D eigenvalue weighted by molar-refractivity contribution is 0.102. The van der Waals surface area contributed by atoms with Crippen LogP contribution in [0.4, 0.5) is 10.1 Å². The third-order valence-electron chi connectivity index (χ3n) is 2.95. The zero-order chi connectivity index (χ0) is 16.9. The number of para-hydroxylation sites is 1. The summed E-state index contributed by atoms with van der Waals surface area (Å²) in [4.78, 5) is 12.1.